The Morgan fingerprint density at radius 2 is 2.12 bits per heavy atom. The summed E-state index contributed by atoms with van der Waals surface area (Å²) in [7, 11) is 0. The van der Waals surface area contributed by atoms with Crippen LogP contribution in [0.4, 0.5) is 5.69 Å². The molecule has 4 heterocycles. The van der Waals surface area contributed by atoms with Gasteiger partial charge in [0.25, 0.3) is 0 Å². The zero-order valence-corrected chi connectivity index (χ0v) is 13.8. The lowest BCUT2D eigenvalue weighted by atomic mass is 9.80. The molecule has 9 nitrogen and oxygen atoms in total. The molecule has 5 rings (SSSR count). The number of nitrogens with one attached hydrogen (secondary N) is 2. The van der Waals surface area contributed by atoms with Crippen molar-refractivity contribution in [1.82, 2.24) is 35.1 Å². The molecule has 1 aliphatic carbocycles. The lowest BCUT2D eigenvalue weighted by molar-refractivity contribution is -0.0821. The van der Waals surface area contributed by atoms with Gasteiger partial charge in [-0.25, -0.2) is 14.3 Å². The number of fused-ring (bicyclic) bond motifs is 1. The van der Waals surface area contributed by atoms with Crippen LogP contribution in [0.2, 0.25) is 0 Å². The Morgan fingerprint density at radius 1 is 1.28 bits per heavy atom. The molecule has 0 bridgehead atoms. The minimum atomic E-state index is -0.161. The first-order chi connectivity index (χ1) is 12.3. The van der Waals surface area contributed by atoms with Crippen LogP contribution in [0.25, 0.3) is 16.7 Å². The van der Waals surface area contributed by atoms with E-state index in [9.17, 15) is 0 Å². The number of aryl methyl sites for hydroxylation is 1. The van der Waals surface area contributed by atoms with Gasteiger partial charge < -0.3 is 0 Å². The summed E-state index contributed by atoms with van der Waals surface area (Å²) in [5.74, 6) is 0. The minimum Gasteiger partial charge on any atom is -0.290 e. The van der Waals surface area contributed by atoms with E-state index in [2.05, 4.69) is 37.3 Å². The fraction of sp³-hybridized carbons (Fsp3) is 0.375. The molecule has 1 fully saturated rings. The van der Waals surface area contributed by atoms with Crippen molar-refractivity contribution in [3.8, 4) is 0 Å². The molecule has 1 saturated carbocycles. The molecule has 2 N–H and O–H groups in total. The number of hydroxylamine groups is 1. The fourth-order valence-electron chi connectivity index (χ4n) is 3.35. The van der Waals surface area contributed by atoms with Crippen LogP contribution in [0.3, 0.4) is 0 Å². The molecular formula is C16H18N8O. The predicted molar refractivity (Wildman–Crippen MR) is 91.0 cm³/mol. The Labute approximate surface area is 143 Å². The van der Waals surface area contributed by atoms with Crippen molar-refractivity contribution >= 4 is 22.4 Å². The van der Waals surface area contributed by atoms with Gasteiger partial charge in [-0.15, -0.1) is 10.2 Å². The Bertz CT molecular complexity index is 954. The molecule has 3 aromatic rings. The molecule has 1 aliphatic heterocycles. The Morgan fingerprint density at radius 3 is 2.80 bits per heavy atom. The number of rotatable bonds is 4. The largest absolute Gasteiger partial charge is 0.290 e. The monoisotopic (exact) mass is 338 g/mol. The van der Waals surface area contributed by atoms with E-state index < -0.39 is 0 Å². The molecule has 2 aliphatic rings. The van der Waals surface area contributed by atoms with Gasteiger partial charge in [0, 0.05) is 18.3 Å². The molecule has 0 unspecified atom stereocenters. The average molecular weight is 338 g/mol. The summed E-state index contributed by atoms with van der Waals surface area (Å²) >= 11 is 0. The van der Waals surface area contributed by atoms with Crippen molar-refractivity contribution in [1.29, 1.82) is 0 Å². The third kappa shape index (κ3) is 2.19. The van der Waals surface area contributed by atoms with Crippen LogP contribution >= 0.6 is 0 Å². The molecule has 0 radical (unpaired) electrons. The first-order valence-electron chi connectivity index (χ1n) is 8.41. The summed E-state index contributed by atoms with van der Waals surface area (Å²) in [5.41, 5.74) is 9.84. The molecule has 0 atom stereocenters. The van der Waals surface area contributed by atoms with E-state index in [4.69, 9.17) is 4.84 Å². The first kappa shape index (κ1) is 14.4. The molecular weight excluding hydrogens is 320 g/mol. The zero-order valence-electron chi connectivity index (χ0n) is 13.8. The van der Waals surface area contributed by atoms with Crippen molar-refractivity contribution in [3.05, 3.63) is 36.7 Å². The van der Waals surface area contributed by atoms with Crippen LogP contribution in [0.1, 0.15) is 31.7 Å². The topological polar surface area (TPSA) is 94.7 Å². The average Bonchev–Trinajstić information content (AvgIpc) is 3.33. The summed E-state index contributed by atoms with van der Waals surface area (Å²) in [4.78, 5) is 10.4. The van der Waals surface area contributed by atoms with E-state index in [0.29, 0.717) is 0 Å². The fourth-order valence-corrected chi connectivity index (χ4v) is 3.35. The maximum absolute atomic E-state index is 5.82. The third-order valence-corrected chi connectivity index (χ3v) is 4.89. The van der Waals surface area contributed by atoms with Gasteiger partial charge in [0.1, 0.15) is 18.3 Å². The summed E-state index contributed by atoms with van der Waals surface area (Å²) in [6, 6.07) is 0. The van der Waals surface area contributed by atoms with Crippen molar-refractivity contribution in [3.63, 3.8) is 0 Å². The van der Waals surface area contributed by atoms with Crippen LogP contribution < -0.4 is 10.9 Å². The van der Waals surface area contributed by atoms with Gasteiger partial charge in [-0.05, 0) is 32.3 Å². The number of anilines is 1. The molecule has 3 aromatic heterocycles. The quantitative estimate of drug-likeness (QED) is 0.748. The third-order valence-electron chi connectivity index (χ3n) is 4.89. The van der Waals surface area contributed by atoms with Crippen LogP contribution in [0.5, 0.6) is 0 Å². The highest BCUT2D eigenvalue weighted by Gasteiger charge is 2.41. The van der Waals surface area contributed by atoms with Gasteiger partial charge in [0.2, 0.25) is 0 Å². The van der Waals surface area contributed by atoms with E-state index in [0.717, 1.165) is 47.4 Å². The molecule has 9 heteroatoms. The molecule has 0 saturated heterocycles. The minimum absolute atomic E-state index is 0.161. The Balaban J connectivity index is 1.66. The lowest BCUT2D eigenvalue weighted by Crippen LogP contribution is -2.36. The highest BCUT2D eigenvalue weighted by atomic mass is 16.7. The molecule has 1 spiro atoms. The normalized spacial score (nSPS) is 18.2. The van der Waals surface area contributed by atoms with Crippen molar-refractivity contribution in [2.75, 3.05) is 5.43 Å². The first-order valence-corrected chi connectivity index (χ1v) is 8.41. The number of aromatic nitrogens is 6. The predicted octanol–water partition coefficient (Wildman–Crippen LogP) is 1.72. The van der Waals surface area contributed by atoms with E-state index in [1.807, 2.05) is 24.0 Å². The second kappa shape index (κ2) is 5.28. The van der Waals surface area contributed by atoms with Crippen LogP contribution in [0.15, 0.2) is 31.1 Å². The molecule has 0 amide bonds. The van der Waals surface area contributed by atoms with Crippen LogP contribution in [0, 0.1) is 0 Å². The van der Waals surface area contributed by atoms with Gasteiger partial charge in [0.05, 0.1) is 23.0 Å². The molecule has 0 aromatic carbocycles. The van der Waals surface area contributed by atoms with Gasteiger partial charge in [-0.2, -0.15) is 5.10 Å². The Kier molecular flexibility index (Phi) is 3.04. The van der Waals surface area contributed by atoms with Gasteiger partial charge in [-0.3, -0.25) is 15.7 Å². The van der Waals surface area contributed by atoms with Crippen LogP contribution in [-0.2, 0) is 11.4 Å². The summed E-state index contributed by atoms with van der Waals surface area (Å²) in [6.07, 6.45) is 12.3. The van der Waals surface area contributed by atoms with Gasteiger partial charge in [0.15, 0.2) is 5.65 Å². The smallest absolute Gasteiger partial charge is 0.159 e. The van der Waals surface area contributed by atoms with E-state index >= 15 is 0 Å². The second-order valence-corrected chi connectivity index (χ2v) is 6.41. The number of pyridine rings is 1. The number of nitrogens with zero attached hydrogens (tertiary/aromatic N) is 6. The second-order valence-electron chi connectivity index (χ2n) is 6.41. The van der Waals surface area contributed by atoms with Crippen molar-refractivity contribution in [2.24, 2.45) is 0 Å². The molecule has 128 valence electrons. The van der Waals surface area contributed by atoms with E-state index in [-0.39, 0.29) is 5.60 Å². The van der Waals surface area contributed by atoms with Gasteiger partial charge >= 0.3 is 0 Å². The summed E-state index contributed by atoms with van der Waals surface area (Å²) in [6.45, 7) is 2.80. The standard InChI is InChI=1S/C16H18N8O/c1-2-24-15-12(8-20-24)14(21-23-9-18-19-10-23)11(7-17-15)13-6-16(25-22-13)4-3-5-16/h6-10,22H,2-5H2,1H3,(H,17,21). The number of hydrogen-bond donors (Lipinski definition) is 2. The Hall–Kier alpha value is -2.94. The SMILES string of the molecule is CCn1ncc2c(Nn3cnnc3)c(C3=CC4(CCC4)ON3)cnc21. The summed E-state index contributed by atoms with van der Waals surface area (Å²) in [5, 5.41) is 13.1. The van der Waals surface area contributed by atoms with E-state index in [1.165, 1.54) is 6.42 Å². The van der Waals surface area contributed by atoms with Gasteiger partial charge in [-0.1, -0.05) is 0 Å². The molecule has 25 heavy (non-hydrogen) atoms. The maximum atomic E-state index is 5.82. The maximum Gasteiger partial charge on any atom is 0.159 e. The summed E-state index contributed by atoms with van der Waals surface area (Å²) < 4.78 is 3.58. The van der Waals surface area contributed by atoms with Crippen molar-refractivity contribution < 1.29 is 4.84 Å². The lowest BCUT2D eigenvalue weighted by Gasteiger charge is -2.33. The van der Waals surface area contributed by atoms with Crippen molar-refractivity contribution in [2.45, 2.75) is 38.3 Å². The van der Waals surface area contributed by atoms with Crippen LogP contribution in [-0.4, -0.2) is 35.2 Å². The number of hydrogen-bond acceptors (Lipinski definition) is 7. The highest BCUT2D eigenvalue weighted by Crippen LogP contribution is 2.43. The zero-order chi connectivity index (χ0) is 16.9. The van der Waals surface area contributed by atoms with E-state index in [1.54, 1.807) is 17.3 Å². The highest BCUT2D eigenvalue weighted by molar-refractivity contribution is 5.95.